The first-order valence-corrected chi connectivity index (χ1v) is 12.5. The molecule has 9 heteroatoms. The van der Waals surface area contributed by atoms with Crippen LogP contribution in [0.4, 0.5) is 0 Å². The first-order valence-electron chi connectivity index (χ1n) is 12.5. The molecule has 0 saturated carbocycles. The number of esters is 1. The number of carbonyl (C=O) groups is 3. The molecule has 0 radical (unpaired) electrons. The Bertz CT molecular complexity index is 1300. The van der Waals surface area contributed by atoms with Gasteiger partial charge >= 0.3 is 5.97 Å². The van der Waals surface area contributed by atoms with Crippen LogP contribution in [-0.2, 0) is 34.0 Å². The highest BCUT2D eigenvalue weighted by molar-refractivity contribution is 6.01. The summed E-state index contributed by atoms with van der Waals surface area (Å²) in [6, 6.07) is 12.5. The SMILES string of the molecule is CCN(CC)Cc1ccc2oc(COc3cccc4c3CN(C(CCC(=O)OC)C(N)=O)C4=O)cc2c1. The lowest BCUT2D eigenvalue weighted by atomic mass is 10.1. The highest BCUT2D eigenvalue weighted by atomic mass is 16.5. The zero-order valence-electron chi connectivity index (χ0n) is 21.5. The summed E-state index contributed by atoms with van der Waals surface area (Å²) in [5.74, 6) is -0.256. The molecule has 2 heterocycles. The molecule has 1 aromatic heterocycles. The van der Waals surface area contributed by atoms with E-state index in [2.05, 4.69) is 35.6 Å². The van der Waals surface area contributed by atoms with E-state index in [0.29, 0.717) is 22.6 Å². The van der Waals surface area contributed by atoms with Crippen molar-refractivity contribution in [1.29, 1.82) is 0 Å². The van der Waals surface area contributed by atoms with Gasteiger partial charge in [-0.25, -0.2) is 0 Å². The monoisotopic (exact) mass is 507 g/mol. The molecule has 196 valence electrons. The maximum atomic E-state index is 13.1. The van der Waals surface area contributed by atoms with Gasteiger partial charge in [-0.2, -0.15) is 0 Å². The number of amides is 2. The molecule has 9 nitrogen and oxygen atoms in total. The summed E-state index contributed by atoms with van der Waals surface area (Å²) in [4.78, 5) is 40.5. The number of ether oxygens (including phenoxy) is 2. The van der Waals surface area contributed by atoms with Gasteiger partial charge in [-0.1, -0.05) is 26.0 Å². The van der Waals surface area contributed by atoms with Crippen molar-refractivity contribution in [2.45, 2.75) is 52.4 Å². The van der Waals surface area contributed by atoms with Crippen molar-refractivity contribution in [3.05, 3.63) is 64.9 Å². The fraction of sp³-hybridized carbons (Fsp3) is 0.393. The Morgan fingerprint density at radius 1 is 1.16 bits per heavy atom. The van der Waals surface area contributed by atoms with Gasteiger partial charge in [0.05, 0.1) is 13.7 Å². The Hall–Kier alpha value is -3.85. The molecule has 37 heavy (non-hydrogen) atoms. The summed E-state index contributed by atoms with van der Waals surface area (Å²) in [7, 11) is 1.27. The average Bonchev–Trinajstić information content (AvgIpc) is 3.46. The van der Waals surface area contributed by atoms with Crippen LogP contribution < -0.4 is 10.5 Å². The minimum absolute atomic E-state index is 0.0176. The Morgan fingerprint density at radius 3 is 2.65 bits per heavy atom. The van der Waals surface area contributed by atoms with Gasteiger partial charge in [0.25, 0.3) is 5.91 Å². The normalized spacial score (nSPS) is 13.7. The van der Waals surface area contributed by atoms with E-state index in [1.165, 1.54) is 17.6 Å². The largest absolute Gasteiger partial charge is 0.485 e. The van der Waals surface area contributed by atoms with Crippen molar-refractivity contribution < 1.29 is 28.3 Å². The molecule has 1 aliphatic heterocycles. The molecule has 3 aromatic rings. The number of methoxy groups -OCH3 is 1. The van der Waals surface area contributed by atoms with E-state index in [0.717, 1.165) is 30.6 Å². The van der Waals surface area contributed by atoms with Gasteiger partial charge in [0.2, 0.25) is 5.91 Å². The second-order valence-electron chi connectivity index (χ2n) is 9.08. The lowest BCUT2D eigenvalue weighted by Gasteiger charge is -2.24. The third-order valence-electron chi connectivity index (χ3n) is 6.81. The number of hydrogen-bond donors (Lipinski definition) is 1. The number of nitrogens with two attached hydrogens (primary N) is 1. The van der Waals surface area contributed by atoms with Crippen LogP contribution in [0.25, 0.3) is 11.0 Å². The van der Waals surface area contributed by atoms with Crippen LogP contribution in [0.5, 0.6) is 5.75 Å². The van der Waals surface area contributed by atoms with E-state index in [4.69, 9.17) is 14.9 Å². The maximum Gasteiger partial charge on any atom is 0.305 e. The fourth-order valence-electron chi connectivity index (χ4n) is 4.69. The van der Waals surface area contributed by atoms with Crippen LogP contribution in [-0.4, -0.2) is 53.8 Å². The van der Waals surface area contributed by atoms with Gasteiger partial charge in [0.1, 0.15) is 29.7 Å². The van der Waals surface area contributed by atoms with Crippen molar-refractivity contribution >= 4 is 28.8 Å². The van der Waals surface area contributed by atoms with Crippen LogP contribution in [0.15, 0.2) is 46.9 Å². The van der Waals surface area contributed by atoms with E-state index in [9.17, 15) is 14.4 Å². The molecule has 0 aliphatic carbocycles. The Labute approximate surface area is 216 Å². The number of furan rings is 1. The van der Waals surface area contributed by atoms with Crippen LogP contribution in [0.3, 0.4) is 0 Å². The Kier molecular flexibility index (Phi) is 8.13. The highest BCUT2D eigenvalue weighted by Crippen LogP contribution is 2.34. The van der Waals surface area contributed by atoms with Gasteiger partial charge in [-0.05, 0) is 55.4 Å². The number of nitrogens with zero attached hydrogens (tertiary/aromatic N) is 2. The van der Waals surface area contributed by atoms with Crippen LogP contribution in [0.1, 0.15) is 53.9 Å². The van der Waals surface area contributed by atoms with Gasteiger partial charge in [0.15, 0.2) is 0 Å². The van der Waals surface area contributed by atoms with Crippen LogP contribution in [0.2, 0.25) is 0 Å². The minimum Gasteiger partial charge on any atom is -0.485 e. The first-order chi connectivity index (χ1) is 17.8. The molecular weight excluding hydrogens is 474 g/mol. The Morgan fingerprint density at radius 2 is 1.95 bits per heavy atom. The van der Waals surface area contributed by atoms with Crippen molar-refractivity contribution in [2.75, 3.05) is 20.2 Å². The lowest BCUT2D eigenvalue weighted by molar-refractivity contribution is -0.141. The predicted molar refractivity (Wildman–Crippen MR) is 138 cm³/mol. The molecule has 0 bridgehead atoms. The van der Waals surface area contributed by atoms with E-state index >= 15 is 0 Å². The molecular formula is C28H33N3O6. The summed E-state index contributed by atoms with van der Waals surface area (Å²) in [6.45, 7) is 7.52. The second-order valence-corrected chi connectivity index (χ2v) is 9.08. The second kappa shape index (κ2) is 11.5. The number of benzene rings is 2. The summed E-state index contributed by atoms with van der Waals surface area (Å²) < 4.78 is 16.7. The third kappa shape index (κ3) is 5.77. The van der Waals surface area contributed by atoms with E-state index < -0.39 is 17.9 Å². The van der Waals surface area contributed by atoms with Gasteiger partial charge in [-0.3, -0.25) is 19.3 Å². The Balaban J connectivity index is 1.47. The fourth-order valence-corrected chi connectivity index (χ4v) is 4.69. The van der Waals surface area contributed by atoms with E-state index in [1.54, 1.807) is 18.2 Å². The molecule has 0 fully saturated rings. The topological polar surface area (TPSA) is 115 Å². The molecule has 1 atom stereocenters. The summed E-state index contributed by atoms with van der Waals surface area (Å²) in [5.41, 5.74) is 8.71. The molecule has 0 spiro atoms. The molecule has 2 N–H and O–H groups in total. The number of rotatable bonds is 12. The van der Waals surface area contributed by atoms with Crippen molar-refractivity contribution in [1.82, 2.24) is 9.80 Å². The number of fused-ring (bicyclic) bond motifs is 2. The summed E-state index contributed by atoms with van der Waals surface area (Å²) >= 11 is 0. The first kappa shape index (κ1) is 26.2. The predicted octanol–water partition coefficient (Wildman–Crippen LogP) is 3.62. The molecule has 2 aromatic carbocycles. The van der Waals surface area contributed by atoms with Gasteiger partial charge in [0, 0.05) is 29.5 Å². The van der Waals surface area contributed by atoms with Crippen LogP contribution >= 0.6 is 0 Å². The van der Waals surface area contributed by atoms with Gasteiger partial charge in [-0.15, -0.1) is 0 Å². The lowest BCUT2D eigenvalue weighted by Crippen LogP contribution is -2.45. The summed E-state index contributed by atoms with van der Waals surface area (Å²) in [5, 5.41) is 1.01. The zero-order valence-corrected chi connectivity index (χ0v) is 21.5. The third-order valence-corrected chi connectivity index (χ3v) is 6.81. The number of carbonyl (C=O) groups excluding carboxylic acids is 3. The molecule has 0 saturated heterocycles. The molecule has 1 unspecified atom stereocenters. The summed E-state index contributed by atoms with van der Waals surface area (Å²) in [6.07, 6.45) is 0.0729. The van der Waals surface area contributed by atoms with E-state index in [-0.39, 0.29) is 31.9 Å². The zero-order chi connectivity index (χ0) is 26.5. The maximum absolute atomic E-state index is 13.1. The van der Waals surface area contributed by atoms with E-state index in [1.807, 2.05) is 12.1 Å². The standard InChI is InChI=1S/C28H33N3O6/c1-4-30(5-2)15-18-9-11-24-19(13-18)14-20(37-24)17-36-25-8-6-7-21-22(25)16-31(28(21)34)23(27(29)33)10-12-26(32)35-3/h6-9,11,13-14,23H,4-5,10,12,15-17H2,1-3H3,(H2,29,33). The molecule has 2 amide bonds. The minimum atomic E-state index is -0.923. The quantitative estimate of drug-likeness (QED) is 0.372. The van der Waals surface area contributed by atoms with Crippen LogP contribution in [0, 0.1) is 0 Å². The molecule has 1 aliphatic rings. The van der Waals surface area contributed by atoms with Gasteiger partial charge < -0.3 is 24.5 Å². The van der Waals surface area contributed by atoms with Crippen molar-refractivity contribution in [3.8, 4) is 5.75 Å². The number of hydrogen-bond acceptors (Lipinski definition) is 7. The smallest absolute Gasteiger partial charge is 0.305 e. The van der Waals surface area contributed by atoms with Crippen molar-refractivity contribution in [3.63, 3.8) is 0 Å². The van der Waals surface area contributed by atoms with Crippen molar-refractivity contribution in [2.24, 2.45) is 5.73 Å². The number of primary amides is 1. The average molecular weight is 508 g/mol. The molecule has 4 rings (SSSR count). The highest BCUT2D eigenvalue weighted by Gasteiger charge is 2.37.